The molecular formula is C21H24N2O4S3. The van der Waals surface area contributed by atoms with E-state index < -0.39 is 10.0 Å². The average molecular weight is 465 g/mol. The van der Waals surface area contributed by atoms with E-state index in [9.17, 15) is 13.2 Å². The van der Waals surface area contributed by atoms with Gasteiger partial charge in [-0.25, -0.2) is 13.6 Å². The summed E-state index contributed by atoms with van der Waals surface area (Å²) in [6.45, 7) is 2.82. The third-order valence-corrected chi connectivity index (χ3v) is 7.03. The molecule has 1 fully saturated rings. The molecule has 0 aliphatic carbocycles. The van der Waals surface area contributed by atoms with Crippen molar-refractivity contribution < 1.29 is 17.6 Å². The zero-order valence-electron chi connectivity index (χ0n) is 16.7. The highest BCUT2D eigenvalue weighted by Gasteiger charge is 2.31. The van der Waals surface area contributed by atoms with Crippen LogP contribution in [0.1, 0.15) is 44.8 Å². The number of furan rings is 1. The molecule has 2 N–H and O–H groups in total. The van der Waals surface area contributed by atoms with E-state index in [0.717, 1.165) is 12.8 Å². The normalized spacial score (nSPS) is 16.1. The molecule has 0 bridgehead atoms. The van der Waals surface area contributed by atoms with Gasteiger partial charge in [-0.15, -0.1) is 0 Å². The second-order valence-corrected chi connectivity index (χ2v) is 10.3. The van der Waals surface area contributed by atoms with Crippen LogP contribution in [0.3, 0.4) is 0 Å². The van der Waals surface area contributed by atoms with Crippen LogP contribution in [0.15, 0.2) is 50.6 Å². The summed E-state index contributed by atoms with van der Waals surface area (Å²) in [5.74, 6) is 1.01. The molecule has 1 saturated heterocycles. The predicted molar refractivity (Wildman–Crippen MR) is 124 cm³/mol. The number of hydrogen-bond acceptors (Lipinski definition) is 6. The first-order valence-electron chi connectivity index (χ1n) is 9.78. The van der Waals surface area contributed by atoms with Crippen LogP contribution in [0, 0.1) is 0 Å². The summed E-state index contributed by atoms with van der Waals surface area (Å²) in [6, 6.07) is 9.64. The van der Waals surface area contributed by atoms with Gasteiger partial charge in [0.1, 0.15) is 15.8 Å². The molecule has 9 heteroatoms. The summed E-state index contributed by atoms with van der Waals surface area (Å²) >= 11 is 6.66. The van der Waals surface area contributed by atoms with Crippen molar-refractivity contribution in [2.45, 2.75) is 43.9 Å². The second kappa shape index (κ2) is 9.91. The number of thioether (sulfide) groups is 1. The van der Waals surface area contributed by atoms with Gasteiger partial charge in [0.15, 0.2) is 0 Å². The standard InChI is InChI=1S/C21H24N2O4S3/c1-2-3-4-5-6-13-23-20(24)19(29-21(23)28)14-16-9-12-18(27-16)15-7-10-17(11-8-15)30(22,25)26/h7-12,14H,2-6,13H2,1H3,(H2,22,25,26). The van der Waals surface area contributed by atoms with Gasteiger partial charge in [-0.2, -0.15) is 0 Å². The fraction of sp³-hybridized carbons (Fsp3) is 0.333. The maximum absolute atomic E-state index is 12.7. The molecule has 1 aromatic carbocycles. The number of thiocarbonyl (C=S) groups is 1. The highest BCUT2D eigenvalue weighted by Crippen LogP contribution is 2.34. The molecule has 0 radical (unpaired) electrons. The minimum Gasteiger partial charge on any atom is -0.457 e. The lowest BCUT2D eigenvalue weighted by Crippen LogP contribution is -2.28. The Morgan fingerprint density at radius 3 is 2.47 bits per heavy atom. The molecule has 0 unspecified atom stereocenters. The minimum atomic E-state index is -3.74. The molecule has 1 amide bonds. The van der Waals surface area contributed by atoms with E-state index in [2.05, 4.69) is 6.92 Å². The highest BCUT2D eigenvalue weighted by molar-refractivity contribution is 8.26. The molecule has 160 valence electrons. The van der Waals surface area contributed by atoms with Gasteiger partial charge in [-0.1, -0.05) is 56.6 Å². The van der Waals surface area contributed by atoms with Gasteiger partial charge in [0.05, 0.1) is 9.80 Å². The van der Waals surface area contributed by atoms with Crippen molar-refractivity contribution in [2.24, 2.45) is 5.14 Å². The van der Waals surface area contributed by atoms with E-state index >= 15 is 0 Å². The molecule has 0 saturated carbocycles. The summed E-state index contributed by atoms with van der Waals surface area (Å²) in [5, 5.41) is 5.12. The van der Waals surface area contributed by atoms with Crippen LogP contribution in [0.2, 0.25) is 0 Å². The summed E-state index contributed by atoms with van der Waals surface area (Å²) in [5.41, 5.74) is 0.710. The quantitative estimate of drug-likeness (QED) is 0.326. The summed E-state index contributed by atoms with van der Waals surface area (Å²) in [4.78, 5) is 14.9. The lowest BCUT2D eigenvalue weighted by molar-refractivity contribution is -0.122. The van der Waals surface area contributed by atoms with Crippen molar-refractivity contribution in [3.63, 3.8) is 0 Å². The maximum atomic E-state index is 12.7. The highest BCUT2D eigenvalue weighted by atomic mass is 32.2. The van der Waals surface area contributed by atoms with Gasteiger partial charge < -0.3 is 4.42 Å². The van der Waals surface area contributed by atoms with Crippen molar-refractivity contribution in [2.75, 3.05) is 6.54 Å². The number of amides is 1. The van der Waals surface area contributed by atoms with Crippen LogP contribution < -0.4 is 5.14 Å². The van der Waals surface area contributed by atoms with E-state index in [1.165, 1.54) is 43.2 Å². The van der Waals surface area contributed by atoms with Gasteiger partial charge in [0.25, 0.3) is 5.91 Å². The van der Waals surface area contributed by atoms with Crippen LogP contribution in [0.25, 0.3) is 17.4 Å². The number of nitrogens with two attached hydrogens (primary N) is 1. The largest absolute Gasteiger partial charge is 0.457 e. The Morgan fingerprint density at radius 1 is 1.10 bits per heavy atom. The molecule has 30 heavy (non-hydrogen) atoms. The molecule has 6 nitrogen and oxygen atoms in total. The average Bonchev–Trinajstić information content (AvgIpc) is 3.27. The fourth-order valence-corrected chi connectivity index (χ4v) is 4.89. The van der Waals surface area contributed by atoms with Crippen LogP contribution in [0.4, 0.5) is 0 Å². The first kappa shape index (κ1) is 22.7. The number of nitrogens with zero attached hydrogens (tertiary/aromatic N) is 1. The van der Waals surface area contributed by atoms with Gasteiger partial charge in [0.2, 0.25) is 10.0 Å². The van der Waals surface area contributed by atoms with Crippen molar-refractivity contribution >= 4 is 50.3 Å². The van der Waals surface area contributed by atoms with Crippen molar-refractivity contribution in [3.8, 4) is 11.3 Å². The van der Waals surface area contributed by atoms with Gasteiger partial charge in [-0.3, -0.25) is 9.69 Å². The van der Waals surface area contributed by atoms with E-state index in [0.29, 0.717) is 32.9 Å². The van der Waals surface area contributed by atoms with Gasteiger partial charge in [0, 0.05) is 18.2 Å². The van der Waals surface area contributed by atoms with Gasteiger partial charge >= 0.3 is 0 Å². The topological polar surface area (TPSA) is 93.6 Å². The van der Waals surface area contributed by atoms with E-state index in [1.54, 1.807) is 35.2 Å². The number of carbonyl (C=O) groups is 1. The molecule has 1 aliphatic rings. The number of hydrogen-bond donors (Lipinski definition) is 1. The fourth-order valence-electron chi connectivity index (χ4n) is 3.09. The Balaban J connectivity index is 1.67. The van der Waals surface area contributed by atoms with Crippen LogP contribution >= 0.6 is 24.0 Å². The minimum absolute atomic E-state index is 0.0383. The van der Waals surface area contributed by atoms with Crippen LogP contribution in [-0.4, -0.2) is 30.1 Å². The van der Waals surface area contributed by atoms with E-state index in [1.807, 2.05) is 0 Å². The SMILES string of the molecule is CCCCCCCN1C(=O)C(=Cc2ccc(-c3ccc(S(N)(=O)=O)cc3)o2)SC1=S. The number of sulfonamides is 1. The molecule has 1 aliphatic heterocycles. The Labute approximate surface area is 186 Å². The first-order valence-corrected chi connectivity index (χ1v) is 12.5. The monoisotopic (exact) mass is 464 g/mol. The van der Waals surface area contributed by atoms with Crippen molar-refractivity contribution in [1.29, 1.82) is 0 Å². The Kier molecular flexibility index (Phi) is 7.51. The number of benzene rings is 1. The number of rotatable bonds is 9. The zero-order chi connectivity index (χ0) is 21.7. The molecule has 2 heterocycles. The Bertz CT molecular complexity index is 1060. The molecule has 2 aromatic rings. The molecule has 3 rings (SSSR count). The maximum Gasteiger partial charge on any atom is 0.266 e. The molecule has 0 spiro atoms. The lowest BCUT2D eigenvalue weighted by Gasteiger charge is -2.13. The molecule has 1 aromatic heterocycles. The second-order valence-electron chi connectivity index (χ2n) is 7.02. The molecular weight excluding hydrogens is 440 g/mol. The Hall–Kier alpha value is -1.94. The number of unbranched alkanes of at least 4 members (excludes halogenated alkanes) is 4. The third kappa shape index (κ3) is 5.60. The first-order chi connectivity index (χ1) is 14.3. The number of primary sulfonamides is 1. The molecule has 0 atom stereocenters. The van der Waals surface area contributed by atoms with Crippen molar-refractivity contribution in [3.05, 3.63) is 47.1 Å². The summed E-state index contributed by atoms with van der Waals surface area (Å²) in [6.07, 6.45) is 7.30. The van der Waals surface area contributed by atoms with E-state index in [-0.39, 0.29) is 10.8 Å². The smallest absolute Gasteiger partial charge is 0.266 e. The third-order valence-electron chi connectivity index (χ3n) is 4.73. The summed E-state index contributed by atoms with van der Waals surface area (Å²) < 4.78 is 29.1. The van der Waals surface area contributed by atoms with Crippen LogP contribution in [-0.2, 0) is 14.8 Å². The lowest BCUT2D eigenvalue weighted by atomic mass is 10.1. The number of carbonyl (C=O) groups excluding carboxylic acids is 1. The van der Waals surface area contributed by atoms with Crippen molar-refractivity contribution in [1.82, 2.24) is 4.90 Å². The summed E-state index contributed by atoms with van der Waals surface area (Å²) in [7, 11) is -3.74. The van der Waals surface area contributed by atoms with E-state index in [4.69, 9.17) is 21.8 Å². The Morgan fingerprint density at radius 2 is 1.80 bits per heavy atom. The van der Waals surface area contributed by atoms with Gasteiger partial charge in [-0.05, 0) is 42.8 Å². The zero-order valence-corrected chi connectivity index (χ0v) is 19.1. The van der Waals surface area contributed by atoms with Crippen LogP contribution in [0.5, 0.6) is 0 Å². The predicted octanol–water partition coefficient (Wildman–Crippen LogP) is 4.77.